The number of aromatic nitrogens is 1. The first-order valence-electron chi connectivity index (χ1n) is 6.26. The Morgan fingerprint density at radius 2 is 1.83 bits per heavy atom. The van der Waals surface area contributed by atoms with Crippen molar-refractivity contribution in [3.05, 3.63) is 60.3 Å². The number of fused-ring (bicyclic) bond motifs is 1. The maximum absolute atomic E-state index is 4.55. The van der Waals surface area contributed by atoms with Crippen LogP contribution in [0.3, 0.4) is 0 Å². The minimum absolute atomic E-state index is 0.0336. The molecule has 2 heterocycles. The average molecular weight is 237 g/mol. The highest BCUT2D eigenvalue weighted by molar-refractivity contribution is 5.73. The van der Waals surface area contributed by atoms with E-state index in [1.54, 1.807) is 0 Å². The van der Waals surface area contributed by atoms with E-state index in [1.165, 1.54) is 16.8 Å². The van der Waals surface area contributed by atoms with E-state index >= 15 is 0 Å². The minimum Gasteiger partial charge on any atom is -0.320 e. The van der Waals surface area contributed by atoms with Gasteiger partial charge in [-0.05, 0) is 24.6 Å². The van der Waals surface area contributed by atoms with E-state index < -0.39 is 0 Å². The third-order valence-corrected chi connectivity index (χ3v) is 3.54. The number of para-hydroxylation sites is 1. The first-order valence-corrected chi connectivity index (χ1v) is 6.26. The van der Waals surface area contributed by atoms with Gasteiger partial charge in [-0.15, -0.1) is 0 Å². The van der Waals surface area contributed by atoms with Crippen molar-refractivity contribution >= 4 is 11.5 Å². The third kappa shape index (κ3) is 1.60. The van der Waals surface area contributed by atoms with Gasteiger partial charge in [0.05, 0.1) is 6.54 Å². The lowest BCUT2D eigenvalue weighted by atomic mass is 9.88. The number of hydrogen-bond donors (Lipinski definition) is 0. The molecule has 0 bridgehead atoms. The van der Waals surface area contributed by atoms with Gasteiger partial charge in [0, 0.05) is 22.9 Å². The monoisotopic (exact) mass is 237 g/mol. The molecule has 0 fully saturated rings. The molecule has 3 rings (SSSR count). The van der Waals surface area contributed by atoms with Crippen molar-refractivity contribution in [1.82, 2.24) is 4.98 Å². The molecule has 0 spiro atoms. The summed E-state index contributed by atoms with van der Waals surface area (Å²) in [5.74, 6) is 1.05. The van der Waals surface area contributed by atoms with E-state index in [-0.39, 0.29) is 5.41 Å². The lowest BCUT2D eigenvalue weighted by Crippen LogP contribution is -2.19. The maximum Gasteiger partial charge on any atom is 0.137 e. The lowest BCUT2D eigenvalue weighted by Gasteiger charge is -2.22. The molecule has 1 aromatic carbocycles. The second-order valence-corrected chi connectivity index (χ2v) is 5.38. The van der Waals surface area contributed by atoms with Crippen LogP contribution in [0.1, 0.15) is 25.0 Å². The molecule has 0 N–H and O–H groups in total. The second-order valence-electron chi connectivity index (χ2n) is 5.38. The highest BCUT2D eigenvalue weighted by Crippen LogP contribution is 2.45. The zero-order valence-corrected chi connectivity index (χ0v) is 11.0. The molecular formula is C16H17N2. The van der Waals surface area contributed by atoms with Crippen LogP contribution in [-0.2, 0) is 5.41 Å². The Labute approximate surface area is 108 Å². The Morgan fingerprint density at radius 3 is 2.61 bits per heavy atom. The van der Waals surface area contributed by atoms with Gasteiger partial charge in [0.25, 0.3) is 0 Å². The molecule has 2 heteroatoms. The largest absolute Gasteiger partial charge is 0.320 e. The predicted octanol–water partition coefficient (Wildman–Crippen LogP) is 3.98. The summed E-state index contributed by atoms with van der Waals surface area (Å²) in [6.07, 6.45) is 1.86. The van der Waals surface area contributed by atoms with Crippen molar-refractivity contribution in [2.45, 2.75) is 26.2 Å². The van der Waals surface area contributed by atoms with Gasteiger partial charge < -0.3 is 4.90 Å². The lowest BCUT2D eigenvalue weighted by molar-refractivity contribution is 0.636. The Balaban J connectivity index is 2.15. The summed E-state index contributed by atoms with van der Waals surface area (Å²) in [6, 6.07) is 12.6. The zero-order valence-electron chi connectivity index (χ0n) is 11.0. The van der Waals surface area contributed by atoms with E-state index in [2.05, 4.69) is 67.5 Å². The number of hydrogen-bond acceptors (Lipinski definition) is 2. The standard InChI is InChI=1S/C16H17N2/c1-12-7-4-5-9-14(12)18-11-16(2,3)13-8-6-10-17-15(13)18/h4-11H,1-3H3. The molecule has 0 amide bonds. The smallest absolute Gasteiger partial charge is 0.137 e. The summed E-state index contributed by atoms with van der Waals surface area (Å²) in [5, 5.41) is 0. The highest BCUT2D eigenvalue weighted by Gasteiger charge is 2.37. The number of pyridine rings is 1. The van der Waals surface area contributed by atoms with Crippen molar-refractivity contribution < 1.29 is 0 Å². The molecule has 1 aliphatic heterocycles. The Morgan fingerprint density at radius 1 is 1.06 bits per heavy atom. The molecule has 2 nitrogen and oxygen atoms in total. The fourth-order valence-corrected chi connectivity index (χ4v) is 2.56. The average Bonchev–Trinajstić information content (AvgIpc) is 2.63. The van der Waals surface area contributed by atoms with E-state index in [0.29, 0.717) is 0 Å². The van der Waals surface area contributed by atoms with Gasteiger partial charge in [0.1, 0.15) is 5.82 Å². The van der Waals surface area contributed by atoms with Crippen LogP contribution in [0.25, 0.3) is 0 Å². The van der Waals surface area contributed by atoms with Crippen LogP contribution < -0.4 is 4.90 Å². The van der Waals surface area contributed by atoms with Gasteiger partial charge in [-0.2, -0.15) is 0 Å². The van der Waals surface area contributed by atoms with Crippen LogP contribution in [0.4, 0.5) is 11.5 Å². The summed E-state index contributed by atoms with van der Waals surface area (Å²) >= 11 is 0. The van der Waals surface area contributed by atoms with E-state index in [1.807, 2.05) is 12.3 Å². The molecule has 0 atom stereocenters. The summed E-state index contributed by atoms with van der Waals surface area (Å²) in [6.45, 7) is 8.85. The third-order valence-electron chi connectivity index (χ3n) is 3.54. The van der Waals surface area contributed by atoms with Crippen LogP contribution >= 0.6 is 0 Å². The zero-order chi connectivity index (χ0) is 12.8. The number of rotatable bonds is 1. The van der Waals surface area contributed by atoms with Gasteiger partial charge in [0.15, 0.2) is 0 Å². The molecule has 0 aliphatic carbocycles. The molecule has 91 valence electrons. The fourth-order valence-electron chi connectivity index (χ4n) is 2.56. The van der Waals surface area contributed by atoms with Crippen molar-refractivity contribution in [2.75, 3.05) is 4.90 Å². The van der Waals surface area contributed by atoms with Gasteiger partial charge >= 0.3 is 0 Å². The number of anilines is 2. The molecule has 0 saturated heterocycles. The van der Waals surface area contributed by atoms with E-state index in [4.69, 9.17) is 0 Å². The molecule has 18 heavy (non-hydrogen) atoms. The quantitative estimate of drug-likeness (QED) is 0.745. The summed E-state index contributed by atoms with van der Waals surface area (Å²) in [4.78, 5) is 6.76. The van der Waals surface area contributed by atoms with E-state index in [0.717, 1.165) is 5.82 Å². The second kappa shape index (κ2) is 3.84. The first kappa shape index (κ1) is 11.3. The highest BCUT2D eigenvalue weighted by atomic mass is 15.2. The molecule has 0 saturated carbocycles. The van der Waals surface area contributed by atoms with Gasteiger partial charge in [0.2, 0.25) is 0 Å². The number of benzene rings is 1. The van der Waals surface area contributed by atoms with Crippen molar-refractivity contribution in [2.24, 2.45) is 0 Å². The predicted molar refractivity (Wildman–Crippen MR) is 74.9 cm³/mol. The summed E-state index contributed by atoms with van der Waals surface area (Å²) < 4.78 is 0. The van der Waals surface area contributed by atoms with Crippen LogP contribution in [0.2, 0.25) is 0 Å². The maximum atomic E-state index is 4.55. The van der Waals surface area contributed by atoms with E-state index in [9.17, 15) is 0 Å². The van der Waals surface area contributed by atoms with Crippen LogP contribution in [-0.4, -0.2) is 4.98 Å². The first-order chi connectivity index (χ1) is 8.59. The van der Waals surface area contributed by atoms with Gasteiger partial charge in [-0.25, -0.2) is 4.98 Å². The Bertz CT molecular complexity index is 587. The fraction of sp³-hybridized carbons (Fsp3) is 0.250. The molecule has 1 aromatic heterocycles. The Kier molecular flexibility index (Phi) is 2.40. The molecule has 1 radical (unpaired) electrons. The molecule has 2 aromatic rings. The number of nitrogens with zero attached hydrogens (tertiary/aromatic N) is 2. The minimum atomic E-state index is 0.0336. The van der Waals surface area contributed by atoms with Crippen LogP contribution in [0.5, 0.6) is 0 Å². The topological polar surface area (TPSA) is 16.1 Å². The number of aryl methyl sites for hydroxylation is 1. The van der Waals surface area contributed by atoms with Crippen molar-refractivity contribution in [3.8, 4) is 0 Å². The van der Waals surface area contributed by atoms with Gasteiger partial charge in [-0.3, -0.25) is 0 Å². The SMILES string of the molecule is Cc1ccccc1N1[CH]C(C)(C)c2cccnc21. The van der Waals surface area contributed by atoms with Crippen molar-refractivity contribution in [3.63, 3.8) is 0 Å². The summed E-state index contributed by atoms with van der Waals surface area (Å²) in [5.41, 5.74) is 3.80. The van der Waals surface area contributed by atoms with Gasteiger partial charge in [-0.1, -0.05) is 38.1 Å². The normalized spacial score (nSPS) is 16.7. The van der Waals surface area contributed by atoms with Crippen LogP contribution in [0, 0.1) is 13.5 Å². The molecule has 1 aliphatic rings. The van der Waals surface area contributed by atoms with Crippen LogP contribution in [0.15, 0.2) is 42.6 Å². The molecule has 0 unspecified atom stereocenters. The Hall–Kier alpha value is -1.83. The molecular weight excluding hydrogens is 220 g/mol. The van der Waals surface area contributed by atoms with Crippen molar-refractivity contribution in [1.29, 1.82) is 0 Å². The summed E-state index contributed by atoms with van der Waals surface area (Å²) in [7, 11) is 0.